The Balaban J connectivity index is 1.09. The molecular weight excluding hydrogens is 643 g/mol. The number of rotatable bonds is 5. The monoisotopic (exact) mass is 667 g/mol. The minimum Gasteiger partial charge on any atom is -0.233 e. The molecule has 52 heavy (non-hydrogen) atoms. The fourth-order valence-corrected chi connectivity index (χ4v) is 6.68. The van der Waals surface area contributed by atoms with E-state index in [2.05, 4.69) is 133 Å². The highest BCUT2D eigenvalue weighted by atomic mass is 15.1. The molecule has 0 amide bonds. The van der Waals surface area contributed by atoms with Crippen molar-refractivity contribution in [3.63, 3.8) is 0 Å². The Bertz CT molecular complexity index is 2820. The first-order valence-electron chi connectivity index (χ1n) is 16.8. The first-order chi connectivity index (χ1) is 25.7. The maximum absolute atomic E-state index is 5.10. The summed E-state index contributed by atoms with van der Waals surface area (Å²) in [4.78, 5) is 23.8. The van der Waals surface area contributed by atoms with Gasteiger partial charge in [0.1, 0.15) is 23.7 Å². The van der Waals surface area contributed by atoms with E-state index in [1.54, 1.807) is 0 Å². The number of benzene rings is 7. The molecule has 7 aromatic carbocycles. The highest BCUT2D eigenvalue weighted by Gasteiger charge is 2.16. The van der Waals surface area contributed by atoms with Crippen LogP contribution in [0.1, 0.15) is 0 Å². The second-order valence-electron chi connectivity index (χ2n) is 12.5. The average Bonchev–Trinajstić information content (AvgIpc) is 3.22. The second-order valence-corrected chi connectivity index (χ2v) is 12.5. The van der Waals surface area contributed by atoms with Crippen molar-refractivity contribution in [1.82, 2.24) is 45.3 Å². The van der Waals surface area contributed by atoms with E-state index in [1.165, 1.54) is 18.0 Å². The van der Waals surface area contributed by atoms with Crippen molar-refractivity contribution in [2.24, 2.45) is 0 Å². The van der Waals surface area contributed by atoms with Crippen molar-refractivity contribution >= 4 is 43.6 Å². The molecule has 0 aliphatic carbocycles. The van der Waals surface area contributed by atoms with E-state index >= 15 is 0 Å². The zero-order chi connectivity index (χ0) is 34.4. The first kappa shape index (κ1) is 29.5. The van der Waals surface area contributed by atoms with Crippen molar-refractivity contribution < 1.29 is 0 Å². The topological polar surface area (TPSA) is 116 Å². The van der Waals surface area contributed by atoms with Gasteiger partial charge in [-0.1, -0.05) is 103 Å². The van der Waals surface area contributed by atoms with E-state index in [4.69, 9.17) is 15.0 Å². The van der Waals surface area contributed by atoms with E-state index in [9.17, 15) is 0 Å². The van der Waals surface area contributed by atoms with Gasteiger partial charge in [0.05, 0.1) is 11.0 Å². The van der Waals surface area contributed by atoms with E-state index in [0.717, 1.165) is 77.2 Å². The van der Waals surface area contributed by atoms with E-state index in [1.807, 2.05) is 36.4 Å². The van der Waals surface area contributed by atoms with E-state index in [0.29, 0.717) is 17.5 Å². The van der Waals surface area contributed by atoms with Crippen LogP contribution in [-0.4, -0.2) is 45.3 Å². The van der Waals surface area contributed by atoms with Crippen LogP contribution in [0.25, 0.3) is 100 Å². The van der Waals surface area contributed by atoms with Gasteiger partial charge in [-0.2, -0.15) is 0 Å². The summed E-state index contributed by atoms with van der Waals surface area (Å²) >= 11 is 0. The molecule has 9 heteroatoms. The molecule has 10 aromatic rings. The molecule has 0 saturated heterocycles. The molecule has 3 aromatic heterocycles. The van der Waals surface area contributed by atoms with Gasteiger partial charge >= 0.3 is 0 Å². The highest BCUT2D eigenvalue weighted by Crippen LogP contribution is 2.34. The molecule has 0 saturated carbocycles. The third-order valence-electron chi connectivity index (χ3n) is 9.35. The zero-order valence-electron chi connectivity index (χ0n) is 27.5. The lowest BCUT2D eigenvalue weighted by atomic mass is 9.99. The standard InChI is InChI=1S/C43H25N9/c1-2-5-31-21-36-34(20-30(31)4-1)6-3-7-35(36)43-49-41(28-12-8-26(9-13-28)32-16-18-37-39(22-32)51-46-24-44-37)48-42(50-43)29-14-10-27(11-15-29)33-17-19-38-40(23-33)52-47-25-45-38/h1-25H. The molecule has 10 rings (SSSR count). The summed E-state index contributed by atoms with van der Waals surface area (Å²) in [5.74, 6) is 1.78. The predicted octanol–water partition coefficient (Wildman–Crippen LogP) is 9.19. The fourth-order valence-electron chi connectivity index (χ4n) is 6.68. The van der Waals surface area contributed by atoms with Crippen LogP contribution in [-0.2, 0) is 0 Å². The van der Waals surface area contributed by atoms with Crippen LogP contribution in [0, 0.1) is 0 Å². The Kier molecular flexibility index (Phi) is 6.92. The third-order valence-corrected chi connectivity index (χ3v) is 9.35. The van der Waals surface area contributed by atoms with Crippen molar-refractivity contribution in [3.05, 3.63) is 152 Å². The van der Waals surface area contributed by atoms with Crippen LogP contribution in [0.2, 0.25) is 0 Å². The van der Waals surface area contributed by atoms with Gasteiger partial charge in [0, 0.05) is 16.7 Å². The molecule has 0 unspecified atom stereocenters. The summed E-state index contributed by atoms with van der Waals surface area (Å²) < 4.78 is 0. The minimum atomic E-state index is 0.586. The molecule has 0 fully saturated rings. The number of nitrogens with zero attached hydrogens (tertiary/aromatic N) is 9. The molecule has 0 aliphatic rings. The maximum atomic E-state index is 5.10. The molecule has 3 heterocycles. The van der Waals surface area contributed by atoms with Crippen LogP contribution in [0.15, 0.2) is 152 Å². The molecule has 0 radical (unpaired) electrons. The normalized spacial score (nSPS) is 11.5. The van der Waals surface area contributed by atoms with Gasteiger partial charge in [-0.15, -0.1) is 20.4 Å². The smallest absolute Gasteiger partial charge is 0.164 e. The summed E-state index contributed by atoms with van der Waals surface area (Å²) in [5, 5.41) is 20.9. The second kappa shape index (κ2) is 12.2. The largest absolute Gasteiger partial charge is 0.233 e. The predicted molar refractivity (Wildman–Crippen MR) is 204 cm³/mol. The Hall–Kier alpha value is -7.39. The third kappa shape index (κ3) is 5.33. The summed E-state index contributed by atoms with van der Waals surface area (Å²) in [6.45, 7) is 0. The van der Waals surface area contributed by atoms with Crippen LogP contribution in [0.3, 0.4) is 0 Å². The van der Waals surface area contributed by atoms with Gasteiger partial charge in [-0.25, -0.2) is 24.9 Å². The molecular formula is C43H25N9. The van der Waals surface area contributed by atoms with Crippen molar-refractivity contribution in [3.8, 4) is 56.4 Å². The number of hydrogen-bond acceptors (Lipinski definition) is 9. The zero-order valence-corrected chi connectivity index (χ0v) is 27.5. The summed E-state index contributed by atoms with van der Waals surface area (Å²) in [7, 11) is 0. The van der Waals surface area contributed by atoms with Crippen molar-refractivity contribution in [1.29, 1.82) is 0 Å². The van der Waals surface area contributed by atoms with Crippen molar-refractivity contribution in [2.75, 3.05) is 0 Å². The SMILES string of the molecule is c1ccc2cc3c(-c4nc(-c5ccc(-c6ccc7ncnnc7c6)cc5)nc(-c5ccc(-c6ccc7ncnnc7c6)cc5)n4)cccc3cc2c1. The molecule has 9 nitrogen and oxygen atoms in total. The molecule has 0 N–H and O–H groups in total. The fraction of sp³-hybridized carbons (Fsp3) is 0. The van der Waals surface area contributed by atoms with Gasteiger partial charge < -0.3 is 0 Å². The quantitative estimate of drug-likeness (QED) is 0.166. The number of aromatic nitrogens is 9. The summed E-state index contributed by atoms with van der Waals surface area (Å²) in [6.07, 6.45) is 2.92. The number of fused-ring (bicyclic) bond motifs is 4. The van der Waals surface area contributed by atoms with Crippen LogP contribution < -0.4 is 0 Å². The summed E-state index contributed by atoms with van der Waals surface area (Å²) in [5.41, 5.74) is 9.93. The number of hydrogen-bond donors (Lipinski definition) is 0. The van der Waals surface area contributed by atoms with E-state index < -0.39 is 0 Å². The van der Waals surface area contributed by atoms with Gasteiger partial charge in [0.15, 0.2) is 17.5 Å². The lowest BCUT2D eigenvalue weighted by Gasteiger charge is -2.12. The maximum Gasteiger partial charge on any atom is 0.164 e. The van der Waals surface area contributed by atoms with Gasteiger partial charge in [0.2, 0.25) is 0 Å². The Morgan fingerprint density at radius 3 is 1.38 bits per heavy atom. The lowest BCUT2D eigenvalue weighted by Crippen LogP contribution is -2.00. The highest BCUT2D eigenvalue weighted by molar-refractivity contribution is 6.04. The molecule has 0 atom stereocenters. The van der Waals surface area contributed by atoms with Gasteiger partial charge in [0.25, 0.3) is 0 Å². The Morgan fingerprint density at radius 2 is 0.808 bits per heavy atom. The summed E-state index contributed by atoms with van der Waals surface area (Å²) in [6, 6.07) is 47.6. The van der Waals surface area contributed by atoms with Gasteiger partial charge in [-0.05, 0) is 80.2 Å². The van der Waals surface area contributed by atoms with Crippen molar-refractivity contribution in [2.45, 2.75) is 0 Å². The molecule has 0 spiro atoms. The molecule has 0 bridgehead atoms. The minimum absolute atomic E-state index is 0.586. The van der Waals surface area contributed by atoms with Crippen LogP contribution in [0.5, 0.6) is 0 Å². The van der Waals surface area contributed by atoms with Gasteiger partial charge in [-0.3, -0.25) is 0 Å². The average molecular weight is 668 g/mol. The van der Waals surface area contributed by atoms with Crippen LogP contribution in [0.4, 0.5) is 0 Å². The van der Waals surface area contributed by atoms with E-state index in [-0.39, 0.29) is 0 Å². The molecule has 242 valence electrons. The molecule has 0 aliphatic heterocycles. The lowest BCUT2D eigenvalue weighted by molar-refractivity contribution is 1.02. The Labute approximate surface area is 296 Å². The first-order valence-corrected chi connectivity index (χ1v) is 16.8. The Morgan fingerprint density at radius 1 is 0.327 bits per heavy atom. The van der Waals surface area contributed by atoms with Crippen LogP contribution >= 0.6 is 0 Å².